The molecular formula is C15H20F2O. The average Bonchev–Trinajstić information content (AvgIpc) is 2.47. The maximum atomic E-state index is 13.6. The highest BCUT2D eigenvalue weighted by atomic mass is 19.1. The van der Waals surface area contributed by atoms with Crippen LogP contribution in [0.4, 0.5) is 8.78 Å². The number of halogens is 2. The minimum atomic E-state index is -0.876. The van der Waals surface area contributed by atoms with Gasteiger partial charge in [0.05, 0.1) is 5.60 Å². The van der Waals surface area contributed by atoms with E-state index < -0.39 is 17.2 Å². The molecule has 1 N–H and O–H groups in total. The minimum Gasteiger partial charge on any atom is -0.390 e. The van der Waals surface area contributed by atoms with Crippen molar-refractivity contribution in [1.82, 2.24) is 0 Å². The van der Waals surface area contributed by atoms with Crippen LogP contribution in [0.2, 0.25) is 0 Å². The van der Waals surface area contributed by atoms with Crippen LogP contribution in [0, 0.1) is 17.6 Å². The van der Waals surface area contributed by atoms with E-state index in [2.05, 4.69) is 6.92 Å². The van der Waals surface area contributed by atoms with Gasteiger partial charge in [0.2, 0.25) is 0 Å². The first-order chi connectivity index (χ1) is 8.48. The first-order valence-corrected chi connectivity index (χ1v) is 6.65. The zero-order chi connectivity index (χ0) is 13.2. The topological polar surface area (TPSA) is 20.2 Å². The molecule has 2 unspecified atom stereocenters. The first-order valence-electron chi connectivity index (χ1n) is 6.65. The molecule has 0 spiro atoms. The van der Waals surface area contributed by atoms with Crippen molar-refractivity contribution in [3.63, 3.8) is 0 Å². The predicted molar refractivity (Wildman–Crippen MR) is 67.3 cm³/mol. The van der Waals surface area contributed by atoms with Gasteiger partial charge in [-0.25, -0.2) is 8.78 Å². The molecule has 1 aromatic rings. The lowest BCUT2D eigenvalue weighted by Gasteiger charge is -2.27. The molecule has 1 aromatic carbocycles. The number of benzene rings is 1. The van der Waals surface area contributed by atoms with Crippen molar-refractivity contribution in [2.75, 3.05) is 0 Å². The number of rotatable bonds is 2. The van der Waals surface area contributed by atoms with Crippen LogP contribution in [0.1, 0.15) is 44.6 Å². The van der Waals surface area contributed by atoms with E-state index in [1.54, 1.807) is 0 Å². The minimum absolute atomic E-state index is 0.212. The van der Waals surface area contributed by atoms with Crippen molar-refractivity contribution in [1.29, 1.82) is 0 Å². The summed E-state index contributed by atoms with van der Waals surface area (Å²) in [4.78, 5) is 0. The fraction of sp³-hybridized carbons (Fsp3) is 0.600. The van der Waals surface area contributed by atoms with E-state index in [0.717, 1.165) is 31.4 Å². The molecule has 0 saturated heterocycles. The van der Waals surface area contributed by atoms with Crippen LogP contribution in [0.25, 0.3) is 0 Å². The van der Waals surface area contributed by atoms with Crippen LogP contribution in [0.15, 0.2) is 18.2 Å². The van der Waals surface area contributed by atoms with Gasteiger partial charge in [0, 0.05) is 6.42 Å². The van der Waals surface area contributed by atoms with Crippen LogP contribution >= 0.6 is 0 Å². The summed E-state index contributed by atoms with van der Waals surface area (Å²) in [5.41, 5.74) is -0.591. The fourth-order valence-electron chi connectivity index (χ4n) is 2.77. The largest absolute Gasteiger partial charge is 0.390 e. The van der Waals surface area contributed by atoms with Crippen LogP contribution < -0.4 is 0 Å². The fourth-order valence-corrected chi connectivity index (χ4v) is 2.77. The summed E-state index contributed by atoms with van der Waals surface area (Å²) in [5.74, 6) is -0.268. The normalized spacial score (nSPS) is 29.0. The molecule has 1 nitrogen and oxygen atoms in total. The Balaban J connectivity index is 2.13. The highest BCUT2D eigenvalue weighted by Crippen LogP contribution is 2.33. The van der Waals surface area contributed by atoms with Crippen LogP contribution in [0.3, 0.4) is 0 Å². The van der Waals surface area contributed by atoms with Crippen molar-refractivity contribution < 1.29 is 13.9 Å². The van der Waals surface area contributed by atoms with Crippen LogP contribution in [-0.4, -0.2) is 10.7 Å². The van der Waals surface area contributed by atoms with Crippen molar-refractivity contribution >= 4 is 0 Å². The van der Waals surface area contributed by atoms with Gasteiger partial charge in [-0.3, -0.25) is 0 Å². The van der Waals surface area contributed by atoms with E-state index in [1.807, 2.05) is 0 Å². The van der Waals surface area contributed by atoms with Gasteiger partial charge in [-0.2, -0.15) is 0 Å². The molecule has 0 radical (unpaired) electrons. The van der Waals surface area contributed by atoms with Gasteiger partial charge >= 0.3 is 0 Å². The third-order valence-electron chi connectivity index (χ3n) is 3.97. The van der Waals surface area contributed by atoms with Gasteiger partial charge < -0.3 is 5.11 Å². The SMILES string of the molecule is CC1CCCC(O)(Cc2cc(F)ccc2F)CC1. The number of hydrogen-bond acceptors (Lipinski definition) is 1. The quantitative estimate of drug-likeness (QED) is 0.795. The molecule has 1 fully saturated rings. The third-order valence-corrected chi connectivity index (χ3v) is 3.97. The molecule has 100 valence electrons. The number of aliphatic hydroxyl groups is 1. The summed E-state index contributed by atoms with van der Waals surface area (Å²) in [7, 11) is 0. The molecule has 0 aromatic heterocycles. The Bertz CT molecular complexity index is 419. The van der Waals surface area contributed by atoms with E-state index >= 15 is 0 Å². The lowest BCUT2D eigenvalue weighted by Crippen LogP contribution is -2.31. The second-order valence-corrected chi connectivity index (χ2v) is 5.67. The Hall–Kier alpha value is -0.960. The summed E-state index contributed by atoms with van der Waals surface area (Å²) in [6, 6.07) is 3.44. The molecule has 1 aliphatic carbocycles. The van der Waals surface area contributed by atoms with E-state index in [1.165, 1.54) is 6.07 Å². The summed E-state index contributed by atoms with van der Waals surface area (Å²) >= 11 is 0. The molecule has 0 amide bonds. The van der Waals surface area contributed by atoms with Gasteiger partial charge in [0.15, 0.2) is 0 Å². The van der Waals surface area contributed by atoms with E-state index in [4.69, 9.17) is 0 Å². The lowest BCUT2D eigenvalue weighted by atomic mass is 9.87. The highest BCUT2D eigenvalue weighted by molar-refractivity contribution is 5.20. The Morgan fingerprint density at radius 1 is 1.28 bits per heavy atom. The molecule has 0 bridgehead atoms. The molecule has 0 aliphatic heterocycles. The molecule has 2 rings (SSSR count). The summed E-state index contributed by atoms with van der Waals surface area (Å²) in [6.45, 7) is 2.18. The molecule has 1 aliphatic rings. The Labute approximate surface area is 107 Å². The maximum absolute atomic E-state index is 13.6. The van der Waals surface area contributed by atoms with Crippen molar-refractivity contribution in [2.45, 2.75) is 51.0 Å². The standard InChI is InChI=1S/C15H20F2O/c1-11-3-2-7-15(18,8-6-11)10-12-9-13(16)4-5-14(12)17/h4-5,9,11,18H,2-3,6-8,10H2,1H3. The van der Waals surface area contributed by atoms with Crippen LogP contribution in [0.5, 0.6) is 0 Å². The molecular weight excluding hydrogens is 234 g/mol. The molecule has 0 heterocycles. The molecule has 1 saturated carbocycles. The van der Waals surface area contributed by atoms with Crippen molar-refractivity contribution in [2.24, 2.45) is 5.92 Å². The zero-order valence-corrected chi connectivity index (χ0v) is 10.8. The predicted octanol–water partition coefficient (Wildman–Crippen LogP) is 3.84. The van der Waals surface area contributed by atoms with Gasteiger partial charge in [0.1, 0.15) is 11.6 Å². The van der Waals surface area contributed by atoms with E-state index in [-0.39, 0.29) is 12.0 Å². The molecule has 3 heteroatoms. The second kappa shape index (κ2) is 5.35. The molecule has 18 heavy (non-hydrogen) atoms. The van der Waals surface area contributed by atoms with Gasteiger partial charge in [-0.1, -0.05) is 19.8 Å². The zero-order valence-electron chi connectivity index (χ0n) is 10.8. The average molecular weight is 254 g/mol. The van der Waals surface area contributed by atoms with Gasteiger partial charge in [-0.05, 0) is 48.9 Å². The molecule has 2 atom stereocenters. The summed E-state index contributed by atoms with van der Waals surface area (Å²) in [6.07, 6.45) is 4.57. The highest BCUT2D eigenvalue weighted by Gasteiger charge is 2.30. The second-order valence-electron chi connectivity index (χ2n) is 5.67. The van der Waals surface area contributed by atoms with Crippen LogP contribution in [-0.2, 0) is 6.42 Å². The Kier molecular flexibility index (Phi) is 4.00. The van der Waals surface area contributed by atoms with Gasteiger partial charge in [-0.15, -0.1) is 0 Å². The Morgan fingerprint density at radius 3 is 2.83 bits per heavy atom. The Morgan fingerprint density at radius 2 is 2.06 bits per heavy atom. The maximum Gasteiger partial charge on any atom is 0.126 e. The van der Waals surface area contributed by atoms with E-state index in [0.29, 0.717) is 18.8 Å². The van der Waals surface area contributed by atoms with Crippen molar-refractivity contribution in [3.05, 3.63) is 35.4 Å². The van der Waals surface area contributed by atoms with Gasteiger partial charge in [0.25, 0.3) is 0 Å². The third kappa shape index (κ3) is 3.29. The monoisotopic (exact) mass is 254 g/mol. The van der Waals surface area contributed by atoms with E-state index in [9.17, 15) is 13.9 Å². The number of hydrogen-bond donors (Lipinski definition) is 1. The van der Waals surface area contributed by atoms with Crippen molar-refractivity contribution in [3.8, 4) is 0 Å². The summed E-state index contributed by atoms with van der Waals surface area (Å²) in [5, 5.41) is 10.5. The summed E-state index contributed by atoms with van der Waals surface area (Å²) < 4.78 is 26.7. The smallest absolute Gasteiger partial charge is 0.126 e. The first kappa shape index (κ1) is 13.5. The lowest BCUT2D eigenvalue weighted by molar-refractivity contribution is 0.0235.